The van der Waals surface area contributed by atoms with Gasteiger partial charge in [-0.05, 0) is 35.9 Å². The second kappa shape index (κ2) is 8.26. The number of halogens is 1. The molecule has 1 aliphatic heterocycles. The van der Waals surface area contributed by atoms with Gasteiger partial charge in [0.25, 0.3) is 5.91 Å². The largest absolute Gasteiger partial charge is 0.493 e. The van der Waals surface area contributed by atoms with E-state index in [1.54, 1.807) is 38.5 Å². The van der Waals surface area contributed by atoms with Gasteiger partial charge in [0.2, 0.25) is 0 Å². The van der Waals surface area contributed by atoms with Crippen LogP contribution in [0.15, 0.2) is 53.0 Å². The molecule has 0 saturated carbocycles. The highest BCUT2D eigenvalue weighted by molar-refractivity contribution is 9.10. The Morgan fingerprint density at radius 2 is 1.90 bits per heavy atom. The molecule has 0 unspecified atom stereocenters. The van der Waals surface area contributed by atoms with E-state index in [1.165, 1.54) is 0 Å². The molecule has 2 aromatic carbocycles. The minimum Gasteiger partial charge on any atom is -0.493 e. The predicted octanol–water partition coefficient (Wildman–Crippen LogP) is 4.19. The molecule has 0 bridgehead atoms. The minimum atomic E-state index is -0.292. The maximum absolute atomic E-state index is 12.7. The molecule has 150 valence electrons. The summed E-state index contributed by atoms with van der Waals surface area (Å²) in [5, 5.41) is 7.32. The third-order valence-corrected chi connectivity index (χ3v) is 5.28. The second-order valence-corrected chi connectivity index (χ2v) is 7.49. The molecule has 4 rings (SSSR count). The van der Waals surface area contributed by atoms with Crippen LogP contribution in [-0.2, 0) is 17.9 Å². The van der Waals surface area contributed by atoms with Crippen LogP contribution in [0.25, 0.3) is 0 Å². The van der Waals surface area contributed by atoms with Crippen molar-refractivity contribution in [3.05, 3.63) is 70.0 Å². The Kier molecular flexibility index (Phi) is 5.55. The van der Waals surface area contributed by atoms with E-state index < -0.39 is 0 Å². The molecule has 0 fully saturated rings. The van der Waals surface area contributed by atoms with E-state index in [0.29, 0.717) is 36.0 Å². The summed E-state index contributed by atoms with van der Waals surface area (Å²) in [6.07, 6.45) is -0.0998. The van der Waals surface area contributed by atoms with Crippen LogP contribution >= 0.6 is 15.9 Å². The first-order valence-corrected chi connectivity index (χ1v) is 9.84. The number of carbonyl (C=O) groups excluding carboxylic acids is 1. The molecule has 1 amide bonds. The van der Waals surface area contributed by atoms with Crippen LogP contribution in [0.2, 0.25) is 0 Å². The molecule has 1 N–H and O–H groups in total. The van der Waals surface area contributed by atoms with Crippen molar-refractivity contribution in [1.29, 1.82) is 0 Å². The molecule has 0 saturated heterocycles. The smallest absolute Gasteiger partial charge is 0.276 e. The molecule has 1 aromatic heterocycles. The van der Waals surface area contributed by atoms with Gasteiger partial charge in [0, 0.05) is 16.2 Å². The molecule has 2 heterocycles. The molecule has 0 radical (unpaired) electrons. The summed E-state index contributed by atoms with van der Waals surface area (Å²) in [7, 11) is 3.12. The van der Waals surface area contributed by atoms with E-state index in [2.05, 4.69) is 26.3 Å². The van der Waals surface area contributed by atoms with Crippen molar-refractivity contribution in [2.24, 2.45) is 0 Å². The lowest BCUT2D eigenvalue weighted by Gasteiger charge is -2.24. The monoisotopic (exact) mass is 457 g/mol. The SMILES string of the molecule is COc1ccc(NC(=O)c2cc3n(n2)C[C@H](c2ccc(Br)cc2)OC3)cc1OC. The van der Waals surface area contributed by atoms with E-state index in [-0.39, 0.29) is 12.0 Å². The Morgan fingerprint density at radius 3 is 2.62 bits per heavy atom. The normalized spacial score (nSPS) is 15.5. The number of anilines is 1. The number of methoxy groups -OCH3 is 2. The Hall–Kier alpha value is -2.84. The summed E-state index contributed by atoms with van der Waals surface area (Å²) in [5.74, 6) is 0.846. The van der Waals surface area contributed by atoms with Crippen molar-refractivity contribution < 1.29 is 19.0 Å². The number of rotatable bonds is 5. The molecule has 1 atom stereocenters. The Labute approximate surface area is 176 Å². The number of hydrogen-bond donors (Lipinski definition) is 1. The number of amides is 1. The first kappa shape index (κ1) is 19.5. The fourth-order valence-electron chi connectivity index (χ4n) is 3.22. The summed E-state index contributed by atoms with van der Waals surface area (Å²) >= 11 is 3.44. The van der Waals surface area contributed by atoms with E-state index >= 15 is 0 Å². The van der Waals surface area contributed by atoms with Crippen molar-refractivity contribution in [1.82, 2.24) is 9.78 Å². The fraction of sp³-hybridized carbons (Fsp3) is 0.238. The van der Waals surface area contributed by atoms with E-state index in [0.717, 1.165) is 15.7 Å². The molecule has 0 spiro atoms. The zero-order chi connectivity index (χ0) is 20.4. The number of hydrogen-bond acceptors (Lipinski definition) is 5. The van der Waals surface area contributed by atoms with Gasteiger partial charge in [-0.1, -0.05) is 28.1 Å². The summed E-state index contributed by atoms with van der Waals surface area (Å²) in [4.78, 5) is 12.7. The second-order valence-electron chi connectivity index (χ2n) is 6.58. The zero-order valence-corrected chi connectivity index (χ0v) is 17.6. The molecule has 0 aliphatic carbocycles. The average molecular weight is 458 g/mol. The summed E-state index contributed by atoms with van der Waals surface area (Å²) in [6, 6.07) is 15.0. The van der Waals surface area contributed by atoms with Crippen LogP contribution in [-0.4, -0.2) is 29.9 Å². The summed E-state index contributed by atoms with van der Waals surface area (Å²) < 4.78 is 19.3. The van der Waals surface area contributed by atoms with Crippen LogP contribution in [0.1, 0.15) is 27.8 Å². The van der Waals surface area contributed by atoms with Gasteiger partial charge in [-0.2, -0.15) is 5.10 Å². The van der Waals surface area contributed by atoms with Crippen LogP contribution in [0.4, 0.5) is 5.69 Å². The number of benzene rings is 2. The van der Waals surface area contributed by atoms with Crippen molar-refractivity contribution in [3.8, 4) is 11.5 Å². The number of fused-ring (bicyclic) bond motifs is 1. The van der Waals surface area contributed by atoms with Crippen LogP contribution in [0.3, 0.4) is 0 Å². The molecule has 29 heavy (non-hydrogen) atoms. The first-order chi connectivity index (χ1) is 14.1. The van der Waals surface area contributed by atoms with Gasteiger partial charge in [0.05, 0.1) is 33.1 Å². The van der Waals surface area contributed by atoms with Gasteiger partial charge in [-0.15, -0.1) is 0 Å². The first-order valence-electron chi connectivity index (χ1n) is 9.04. The minimum absolute atomic E-state index is 0.0998. The van der Waals surface area contributed by atoms with Crippen LogP contribution in [0, 0.1) is 0 Å². The molecular weight excluding hydrogens is 438 g/mol. The lowest BCUT2D eigenvalue weighted by molar-refractivity contribution is -0.00119. The van der Waals surface area contributed by atoms with Crippen LogP contribution in [0.5, 0.6) is 11.5 Å². The van der Waals surface area contributed by atoms with Crippen molar-refractivity contribution >= 4 is 27.5 Å². The Morgan fingerprint density at radius 1 is 1.14 bits per heavy atom. The molecule has 8 heteroatoms. The highest BCUT2D eigenvalue weighted by Crippen LogP contribution is 2.30. The van der Waals surface area contributed by atoms with Gasteiger partial charge >= 0.3 is 0 Å². The van der Waals surface area contributed by atoms with Crippen molar-refractivity contribution in [3.63, 3.8) is 0 Å². The summed E-state index contributed by atoms with van der Waals surface area (Å²) in [6.45, 7) is 0.956. The van der Waals surface area contributed by atoms with Crippen molar-refractivity contribution in [2.75, 3.05) is 19.5 Å². The van der Waals surface area contributed by atoms with E-state index in [9.17, 15) is 4.79 Å². The topological polar surface area (TPSA) is 74.6 Å². The van der Waals surface area contributed by atoms with Gasteiger partial charge in [0.1, 0.15) is 6.10 Å². The maximum Gasteiger partial charge on any atom is 0.276 e. The number of ether oxygens (including phenoxy) is 3. The average Bonchev–Trinajstić information content (AvgIpc) is 3.17. The third-order valence-electron chi connectivity index (χ3n) is 4.75. The van der Waals surface area contributed by atoms with Gasteiger partial charge in [-0.3, -0.25) is 9.48 Å². The highest BCUT2D eigenvalue weighted by Gasteiger charge is 2.24. The molecular formula is C21H20BrN3O4. The molecule has 3 aromatic rings. The molecule has 7 nitrogen and oxygen atoms in total. The van der Waals surface area contributed by atoms with Gasteiger partial charge < -0.3 is 19.5 Å². The lowest BCUT2D eigenvalue weighted by Crippen LogP contribution is -2.22. The lowest BCUT2D eigenvalue weighted by atomic mass is 10.1. The summed E-state index contributed by atoms with van der Waals surface area (Å²) in [5.41, 5.74) is 2.89. The van der Waals surface area contributed by atoms with Crippen LogP contribution < -0.4 is 14.8 Å². The zero-order valence-electron chi connectivity index (χ0n) is 16.0. The van der Waals surface area contributed by atoms with Crippen molar-refractivity contribution in [2.45, 2.75) is 19.3 Å². The Balaban J connectivity index is 1.48. The van der Waals surface area contributed by atoms with Gasteiger partial charge in [-0.25, -0.2) is 0 Å². The van der Waals surface area contributed by atoms with Gasteiger partial charge in [0.15, 0.2) is 17.2 Å². The Bertz CT molecular complexity index is 1030. The van der Waals surface area contributed by atoms with E-state index in [4.69, 9.17) is 14.2 Å². The fourth-order valence-corrected chi connectivity index (χ4v) is 3.49. The number of carbonyl (C=O) groups is 1. The highest BCUT2D eigenvalue weighted by atomic mass is 79.9. The standard InChI is InChI=1S/C21H20BrN3O4/c1-27-18-8-7-15(9-19(18)28-2)23-21(26)17-10-16-12-29-20(11-25(16)24-17)13-3-5-14(22)6-4-13/h3-10,20H,11-12H2,1-2H3,(H,23,26)/t20-/m1/s1. The molecule has 1 aliphatic rings. The van der Waals surface area contributed by atoms with E-state index in [1.807, 2.05) is 28.9 Å². The number of nitrogens with zero attached hydrogens (tertiary/aromatic N) is 2. The number of aromatic nitrogens is 2. The number of nitrogens with one attached hydrogen (secondary N) is 1. The predicted molar refractivity (Wildman–Crippen MR) is 111 cm³/mol. The maximum atomic E-state index is 12.7. The third kappa shape index (κ3) is 4.13. The quantitative estimate of drug-likeness (QED) is 0.621.